The Morgan fingerprint density at radius 3 is 2.65 bits per heavy atom. The summed E-state index contributed by atoms with van der Waals surface area (Å²) in [6.45, 7) is 1.59. The molecule has 0 aliphatic heterocycles. The Morgan fingerprint density at radius 1 is 1.45 bits per heavy atom. The molecule has 1 atom stereocenters. The van der Waals surface area contributed by atoms with Crippen LogP contribution >= 0.6 is 11.6 Å². The predicted molar refractivity (Wildman–Crippen MR) is 79.5 cm³/mol. The molecule has 3 N–H and O–H groups in total. The molecule has 1 aromatic rings. The maximum absolute atomic E-state index is 11.6. The molecular weight excluding hydrogens is 304 g/mol. The highest BCUT2D eigenvalue weighted by Gasteiger charge is 2.10. The maximum Gasteiger partial charge on any atom is 0.229 e. The summed E-state index contributed by atoms with van der Waals surface area (Å²) in [4.78, 5) is 11.6. The van der Waals surface area contributed by atoms with Crippen molar-refractivity contribution in [2.45, 2.75) is 25.9 Å². The van der Waals surface area contributed by atoms with E-state index in [0.717, 1.165) is 6.26 Å². The van der Waals surface area contributed by atoms with Crippen LogP contribution < -0.4 is 10.0 Å². The number of hydrogen-bond acceptors (Lipinski definition) is 4. The van der Waals surface area contributed by atoms with Gasteiger partial charge in [0, 0.05) is 6.42 Å². The average Bonchev–Trinajstić information content (AvgIpc) is 2.29. The number of carbonyl (C=O) groups excluding carboxylic acids is 1. The van der Waals surface area contributed by atoms with Crippen LogP contribution in [0.25, 0.3) is 0 Å². The Morgan fingerprint density at radius 2 is 2.10 bits per heavy atom. The predicted octanol–water partition coefficient (Wildman–Crippen LogP) is 1.81. The minimum absolute atomic E-state index is 0.151. The SMILES string of the molecule is CC(O)CCC(=O)Nc1cc(NS(C)(=O)=O)ccc1Cl. The van der Waals surface area contributed by atoms with Crippen molar-refractivity contribution in [2.24, 2.45) is 0 Å². The van der Waals surface area contributed by atoms with Crippen LogP contribution in [-0.2, 0) is 14.8 Å². The van der Waals surface area contributed by atoms with Gasteiger partial charge >= 0.3 is 0 Å². The fourth-order valence-corrected chi connectivity index (χ4v) is 2.17. The minimum atomic E-state index is -3.40. The number of aliphatic hydroxyl groups is 1. The Labute approximate surface area is 123 Å². The van der Waals surface area contributed by atoms with Crippen molar-refractivity contribution in [1.29, 1.82) is 0 Å². The van der Waals surface area contributed by atoms with E-state index in [1.54, 1.807) is 6.92 Å². The number of aliphatic hydroxyl groups excluding tert-OH is 1. The van der Waals surface area contributed by atoms with Crippen molar-refractivity contribution in [3.63, 3.8) is 0 Å². The van der Waals surface area contributed by atoms with E-state index in [9.17, 15) is 13.2 Å². The second-order valence-corrected chi connectivity index (χ2v) is 6.66. The summed E-state index contributed by atoms with van der Waals surface area (Å²) in [5.41, 5.74) is 0.624. The van der Waals surface area contributed by atoms with E-state index in [1.165, 1.54) is 18.2 Å². The second kappa shape index (κ2) is 6.92. The molecule has 0 radical (unpaired) electrons. The van der Waals surface area contributed by atoms with Crippen LogP contribution in [0, 0.1) is 0 Å². The molecule has 1 rings (SSSR count). The molecule has 6 nitrogen and oxygen atoms in total. The molecule has 0 bridgehead atoms. The normalized spacial score (nSPS) is 12.8. The zero-order valence-corrected chi connectivity index (χ0v) is 12.8. The van der Waals surface area contributed by atoms with Crippen LogP contribution in [0.3, 0.4) is 0 Å². The van der Waals surface area contributed by atoms with Crippen LogP contribution in [-0.4, -0.2) is 31.8 Å². The molecule has 0 saturated carbocycles. The van der Waals surface area contributed by atoms with Crippen LogP contribution in [0.15, 0.2) is 18.2 Å². The lowest BCUT2D eigenvalue weighted by Crippen LogP contribution is -2.15. The van der Waals surface area contributed by atoms with E-state index < -0.39 is 16.1 Å². The lowest BCUT2D eigenvalue weighted by molar-refractivity contribution is -0.116. The van der Waals surface area contributed by atoms with Gasteiger partial charge in [0.2, 0.25) is 15.9 Å². The number of anilines is 2. The second-order valence-electron chi connectivity index (χ2n) is 4.50. The molecule has 1 unspecified atom stereocenters. The monoisotopic (exact) mass is 320 g/mol. The van der Waals surface area contributed by atoms with Crippen molar-refractivity contribution >= 4 is 38.9 Å². The molecule has 0 spiro atoms. The lowest BCUT2D eigenvalue weighted by Gasteiger charge is -2.10. The van der Waals surface area contributed by atoms with Gasteiger partial charge in [0.05, 0.1) is 28.8 Å². The third-order valence-electron chi connectivity index (χ3n) is 2.33. The van der Waals surface area contributed by atoms with Crippen LogP contribution in [0.5, 0.6) is 0 Å². The third kappa shape index (κ3) is 6.23. The first-order chi connectivity index (χ1) is 9.17. The van der Waals surface area contributed by atoms with E-state index in [-0.39, 0.29) is 12.3 Å². The molecule has 8 heteroatoms. The molecule has 0 aliphatic rings. The van der Waals surface area contributed by atoms with Crippen molar-refractivity contribution < 1.29 is 18.3 Å². The molecule has 1 aromatic carbocycles. The van der Waals surface area contributed by atoms with Crippen molar-refractivity contribution in [1.82, 2.24) is 0 Å². The van der Waals surface area contributed by atoms with Crippen LogP contribution in [0.1, 0.15) is 19.8 Å². The van der Waals surface area contributed by atoms with E-state index in [0.29, 0.717) is 22.8 Å². The minimum Gasteiger partial charge on any atom is -0.393 e. The number of rotatable bonds is 6. The van der Waals surface area contributed by atoms with Gasteiger partial charge in [0.25, 0.3) is 0 Å². The summed E-state index contributed by atoms with van der Waals surface area (Å²) < 4.78 is 24.6. The lowest BCUT2D eigenvalue weighted by atomic mass is 10.2. The number of carbonyl (C=O) groups is 1. The summed E-state index contributed by atoms with van der Waals surface area (Å²) in [5.74, 6) is -0.302. The summed E-state index contributed by atoms with van der Waals surface area (Å²) in [6.07, 6.45) is 0.958. The smallest absolute Gasteiger partial charge is 0.229 e. The largest absolute Gasteiger partial charge is 0.393 e. The highest BCUT2D eigenvalue weighted by molar-refractivity contribution is 7.92. The van der Waals surface area contributed by atoms with E-state index in [2.05, 4.69) is 10.0 Å². The number of nitrogens with one attached hydrogen (secondary N) is 2. The molecule has 0 heterocycles. The Balaban J connectivity index is 2.79. The fourth-order valence-electron chi connectivity index (χ4n) is 1.45. The Hall–Kier alpha value is -1.31. The van der Waals surface area contributed by atoms with E-state index >= 15 is 0 Å². The highest BCUT2D eigenvalue weighted by atomic mass is 35.5. The van der Waals surface area contributed by atoms with Gasteiger partial charge in [-0.25, -0.2) is 8.42 Å². The number of benzene rings is 1. The number of hydrogen-bond donors (Lipinski definition) is 3. The number of amides is 1. The average molecular weight is 321 g/mol. The van der Waals surface area contributed by atoms with Gasteiger partial charge in [-0.1, -0.05) is 11.6 Å². The van der Waals surface area contributed by atoms with Gasteiger partial charge in [0.1, 0.15) is 0 Å². The van der Waals surface area contributed by atoms with Gasteiger partial charge in [-0.15, -0.1) is 0 Å². The van der Waals surface area contributed by atoms with Gasteiger partial charge in [-0.2, -0.15) is 0 Å². The molecule has 0 saturated heterocycles. The Bertz CT molecular complexity index is 587. The summed E-state index contributed by atoms with van der Waals surface area (Å²) in [6, 6.07) is 4.41. The quantitative estimate of drug-likeness (QED) is 0.745. The van der Waals surface area contributed by atoms with E-state index in [1.807, 2.05) is 0 Å². The van der Waals surface area contributed by atoms with Gasteiger partial charge in [-0.3, -0.25) is 9.52 Å². The summed E-state index contributed by atoms with van der Waals surface area (Å²) in [7, 11) is -3.40. The van der Waals surface area contributed by atoms with Gasteiger partial charge in [-0.05, 0) is 31.5 Å². The first-order valence-electron chi connectivity index (χ1n) is 5.92. The zero-order chi connectivity index (χ0) is 15.3. The van der Waals surface area contributed by atoms with E-state index in [4.69, 9.17) is 16.7 Å². The van der Waals surface area contributed by atoms with Crippen molar-refractivity contribution in [3.05, 3.63) is 23.2 Å². The first kappa shape index (κ1) is 16.7. The molecule has 0 aromatic heterocycles. The standard InChI is InChI=1S/C12H17ClN2O4S/c1-8(16)3-6-12(17)14-11-7-9(4-5-10(11)13)15-20(2,18)19/h4-5,7-8,15-16H,3,6H2,1-2H3,(H,14,17). The molecular formula is C12H17ClN2O4S. The number of halogens is 1. The third-order valence-corrected chi connectivity index (χ3v) is 3.27. The number of sulfonamides is 1. The topological polar surface area (TPSA) is 95.5 Å². The highest BCUT2D eigenvalue weighted by Crippen LogP contribution is 2.26. The van der Waals surface area contributed by atoms with Gasteiger partial charge in [0.15, 0.2) is 0 Å². The summed E-state index contributed by atoms with van der Waals surface area (Å²) >= 11 is 5.93. The zero-order valence-electron chi connectivity index (χ0n) is 11.2. The Kier molecular flexibility index (Phi) is 5.79. The van der Waals surface area contributed by atoms with Crippen molar-refractivity contribution in [2.75, 3.05) is 16.3 Å². The van der Waals surface area contributed by atoms with Crippen LogP contribution in [0.4, 0.5) is 11.4 Å². The molecule has 20 heavy (non-hydrogen) atoms. The molecule has 1 amide bonds. The summed E-state index contributed by atoms with van der Waals surface area (Å²) in [5, 5.41) is 12.0. The molecule has 0 fully saturated rings. The molecule has 0 aliphatic carbocycles. The van der Waals surface area contributed by atoms with Gasteiger partial charge < -0.3 is 10.4 Å². The van der Waals surface area contributed by atoms with Crippen molar-refractivity contribution in [3.8, 4) is 0 Å². The van der Waals surface area contributed by atoms with Crippen LogP contribution in [0.2, 0.25) is 5.02 Å². The fraction of sp³-hybridized carbons (Fsp3) is 0.417. The first-order valence-corrected chi connectivity index (χ1v) is 8.19. The molecule has 112 valence electrons. The maximum atomic E-state index is 11.6.